The van der Waals surface area contributed by atoms with E-state index in [4.69, 9.17) is 5.73 Å². The Kier molecular flexibility index (Phi) is 6.90. The second kappa shape index (κ2) is 9.67. The fourth-order valence-corrected chi connectivity index (χ4v) is 5.86. The van der Waals surface area contributed by atoms with Gasteiger partial charge in [0, 0.05) is 5.56 Å². The number of benzene rings is 2. The summed E-state index contributed by atoms with van der Waals surface area (Å²) in [4.78, 5) is 12.6. The summed E-state index contributed by atoms with van der Waals surface area (Å²) < 4.78 is 43.3. The predicted octanol–water partition coefficient (Wildman–Crippen LogP) is 5.32. The number of alkyl halides is 1. The van der Waals surface area contributed by atoms with Gasteiger partial charge < -0.3 is 5.73 Å². The van der Waals surface area contributed by atoms with E-state index in [2.05, 4.69) is 5.10 Å². The van der Waals surface area contributed by atoms with Crippen molar-refractivity contribution in [3.8, 4) is 0 Å². The molecule has 0 saturated heterocycles. The highest BCUT2D eigenvalue weighted by molar-refractivity contribution is 8.15. The van der Waals surface area contributed by atoms with Gasteiger partial charge in [0.25, 0.3) is 0 Å². The average Bonchev–Trinajstić information content (AvgIpc) is 3.20. The van der Waals surface area contributed by atoms with Gasteiger partial charge in [-0.05, 0) is 56.0 Å². The smallest absolute Gasteiger partial charge is 0.250 e. The van der Waals surface area contributed by atoms with Gasteiger partial charge in [0.05, 0.1) is 5.92 Å². The Labute approximate surface area is 190 Å². The molecule has 2 aliphatic rings. The largest absolute Gasteiger partial charge is 0.330 e. The van der Waals surface area contributed by atoms with Crippen LogP contribution in [0.1, 0.15) is 49.7 Å². The van der Waals surface area contributed by atoms with Gasteiger partial charge >= 0.3 is 0 Å². The summed E-state index contributed by atoms with van der Waals surface area (Å²) in [6.45, 7) is 0.385. The molecular weight excluding hydrogens is 435 g/mol. The SMILES string of the molecule is NCCCC1(c2ccccc2)SC(c2cc(F)ccc2F)=NN1C(=O)C1CCCCC1F. The lowest BCUT2D eigenvalue weighted by molar-refractivity contribution is -0.142. The Balaban J connectivity index is 1.83. The van der Waals surface area contributed by atoms with Crippen LogP contribution < -0.4 is 5.73 Å². The molecule has 32 heavy (non-hydrogen) atoms. The zero-order valence-corrected chi connectivity index (χ0v) is 18.5. The van der Waals surface area contributed by atoms with Crippen molar-refractivity contribution < 1.29 is 18.0 Å². The van der Waals surface area contributed by atoms with Crippen LogP contribution in [0.2, 0.25) is 0 Å². The molecule has 170 valence electrons. The quantitative estimate of drug-likeness (QED) is 0.633. The standard InChI is InChI=1S/C24H26F3N3OS/c25-17-11-12-21(27)19(15-17)22-29-30(23(31)18-9-4-5-10-20(18)26)24(32-22,13-6-14-28)16-7-2-1-3-8-16/h1-3,7-8,11-12,15,18,20H,4-6,9-10,13-14,28H2. The maximum atomic E-state index is 14.8. The van der Waals surface area contributed by atoms with E-state index >= 15 is 0 Å². The van der Waals surface area contributed by atoms with Gasteiger partial charge in [-0.25, -0.2) is 18.2 Å². The van der Waals surface area contributed by atoms with Crippen molar-refractivity contribution in [1.82, 2.24) is 5.01 Å². The minimum atomic E-state index is -1.24. The summed E-state index contributed by atoms with van der Waals surface area (Å²) in [5, 5.41) is 6.02. The minimum absolute atomic E-state index is 0.0150. The third-order valence-electron chi connectivity index (χ3n) is 6.11. The van der Waals surface area contributed by atoms with Gasteiger partial charge in [-0.2, -0.15) is 5.10 Å². The number of amides is 1. The van der Waals surface area contributed by atoms with Crippen molar-refractivity contribution in [3.05, 3.63) is 71.3 Å². The van der Waals surface area contributed by atoms with E-state index in [1.165, 1.54) is 16.8 Å². The van der Waals surface area contributed by atoms with Crippen LogP contribution in [0.15, 0.2) is 53.6 Å². The maximum absolute atomic E-state index is 14.8. The second-order valence-corrected chi connectivity index (χ2v) is 9.50. The molecule has 2 aromatic rings. The Bertz CT molecular complexity index is 1000. The lowest BCUT2D eigenvalue weighted by Gasteiger charge is -2.38. The van der Waals surface area contributed by atoms with Crippen molar-refractivity contribution in [3.63, 3.8) is 0 Å². The summed E-state index contributed by atoms with van der Waals surface area (Å²) in [5.74, 6) is -2.45. The molecule has 1 saturated carbocycles. The molecule has 4 nitrogen and oxygen atoms in total. The zero-order chi connectivity index (χ0) is 22.7. The first-order valence-electron chi connectivity index (χ1n) is 10.9. The van der Waals surface area contributed by atoms with Crippen LogP contribution in [0.3, 0.4) is 0 Å². The van der Waals surface area contributed by atoms with Crippen LogP contribution in [-0.4, -0.2) is 28.7 Å². The van der Waals surface area contributed by atoms with Crippen LogP contribution in [0.25, 0.3) is 0 Å². The highest BCUT2D eigenvalue weighted by Crippen LogP contribution is 2.51. The number of nitrogens with zero attached hydrogens (tertiary/aromatic N) is 2. The topological polar surface area (TPSA) is 58.7 Å². The molecule has 4 rings (SSSR count). The number of hydrogen-bond donors (Lipinski definition) is 1. The molecule has 8 heteroatoms. The molecule has 1 fully saturated rings. The number of hydrazone groups is 1. The molecule has 0 spiro atoms. The molecule has 0 aromatic heterocycles. The number of carbonyl (C=O) groups is 1. The van der Waals surface area contributed by atoms with Crippen LogP contribution >= 0.6 is 11.8 Å². The van der Waals surface area contributed by atoms with Crippen molar-refractivity contribution in [1.29, 1.82) is 0 Å². The Morgan fingerprint density at radius 2 is 1.91 bits per heavy atom. The molecule has 0 bridgehead atoms. The van der Waals surface area contributed by atoms with Gasteiger partial charge in [-0.3, -0.25) is 4.79 Å². The van der Waals surface area contributed by atoms with Gasteiger partial charge in [0.1, 0.15) is 27.7 Å². The molecule has 1 aliphatic heterocycles. The number of hydrogen-bond acceptors (Lipinski definition) is 4. The van der Waals surface area contributed by atoms with Crippen LogP contribution in [-0.2, 0) is 9.67 Å². The summed E-state index contributed by atoms with van der Waals surface area (Å²) in [6, 6.07) is 12.5. The molecular formula is C24H26F3N3OS. The Morgan fingerprint density at radius 3 is 2.62 bits per heavy atom. The van der Waals surface area contributed by atoms with Crippen LogP contribution in [0.5, 0.6) is 0 Å². The third kappa shape index (κ3) is 4.30. The average molecular weight is 462 g/mol. The molecule has 3 unspecified atom stereocenters. The monoisotopic (exact) mass is 461 g/mol. The van der Waals surface area contributed by atoms with E-state index in [0.717, 1.165) is 36.6 Å². The van der Waals surface area contributed by atoms with Gasteiger partial charge in [-0.1, -0.05) is 54.9 Å². The first kappa shape index (κ1) is 22.9. The van der Waals surface area contributed by atoms with Gasteiger partial charge in [0.15, 0.2) is 0 Å². The first-order chi connectivity index (χ1) is 15.5. The van der Waals surface area contributed by atoms with Crippen molar-refractivity contribution >= 4 is 22.7 Å². The van der Waals surface area contributed by atoms with Crippen molar-refractivity contribution in [2.45, 2.75) is 49.6 Å². The fourth-order valence-electron chi connectivity index (χ4n) is 4.44. The Hall–Kier alpha value is -2.32. The summed E-state index contributed by atoms with van der Waals surface area (Å²) in [6.07, 6.45) is 2.08. The summed E-state index contributed by atoms with van der Waals surface area (Å²) in [5.41, 5.74) is 6.57. The second-order valence-electron chi connectivity index (χ2n) is 8.23. The van der Waals surface area contributed by atoms with E-state index < -0.39 is 34.5 Å². The van der Waals surface area contributed by atoms with Gasteiger partial charge in [0.2, 0.25) is 5.91 Å². The first-order valence-corrected chi connectivity index (χ1v) is 11.7. The molecule has 0 radical (unpaired) electrons. The number of nitrogens with two attached hydrogens (primary N) is 1. The Morgan fingerprint density at radius 1 is 1.16 bits per heavy atom. The number of halogens is 3. The van der Waals surface area contributed by atoms with E-state index in [1.807, 2.05) is 30.3 Å². The normalized spacial score (nSPS) is 25.6. The lowest BCUT2D eigenvalue weighted by Crippen LogP contribution is -2.47. The molecule has 2 aromatic carbocycles. The van der Waals surface area contributed by atoms with Crippen LogP contribution in [0, 0.1) is 17.6 Å². The van der Waals surface area contributed by atoms with Gasteiger partial charge in [-0.15, -0.1) is 0 Å². The third-order valence-corrected chi connectivity index (χ3v) is 7.55. The highest BCUT2D eigenvalue weighted by atomic mass is 32.2. The van der Waals surface area contributed by atoms with E-state index in [9.17, 15) is 18.0 Å². The lowest BCUT2D eigenvalue weighted by atomic mass is 9.86. The number of carbonyl (C=O) groups excluding carboxylic acids is 1. The van der Waals surface area contributed by atoms with Crippen LogP contribution in [0.4, 0.5) is 13.2 Å². The van der Waals surface area contributed by atoms with E-state index in [0.29, 0.717) is 32.2 Å². The molecule has 2 N–H and O–H groups in total. The zero-order valence-electron chi connectivity index (χ0n) is 17.6. The summed E-state index contributed by atoms with van der Waals surface area (Å²) >= 11 is 1.20. The van der Waals surface area contributed by atoms with E-state index in [1.54, 1.807) is 0 Å². The van der Waals surface area contributed by atoms with E-state index in [-0.39, 0.29) is 10.6 Å². The summed E-state index contributed by atoms with van der Waals surface area (Å²) in [7, 11) is 0. The number of rotatable bonds is 6. The molecule has 3 atom stereocenters. The van der Waals surface area contributed by atoms with Crippen molar-refractivity contribution in [2.24, 2.45) is 16.8 Å². The molecule has 1 aliphatic carbocycles. The maximum Gasteiger partial charge on any atom is 0.250 e. The van der Waals surface area contributed by atoms with Crippen molar-refractivity contribution in [2.75, 3.05) is 6.54 Å². The number of thioether (sulfide) groups is 1. The molecule has 1 amide bonds. The molecule has 1 heterocycles. The predicted molar refractivity (Wildman–Crippen MR) is 121 cm³/mol. The minimum Gasteiger partial charge on any atom is -0.330 e. The highest BCUT2D eigenvalue weighted by Gasteiger charge is 2.51. The fraction of sp³-hybridized carbons (Fsp3) is 0.417.